The summed E-state index contributed by atoms with van der Waals surface area (Å²) in [4.78, 5) is 27.2. The fraction of sp³-hybridized carbons (Fsp3) is 0.857. The van der Waals surface area contributed by atoms with Crippen molar-refractivity contribution in [3.8, 4) is 0 Å². The highest BCUT2D eigenvalue weighted by molar-refractivity contribution is 5.80. The molecule has 0 aromatic rings. The van der Waals surface area contributed by atoms with Gasteiger partial charge in [0.15, 0.2) is 0 Å². The summed E-state index contributed by atoms with van der Waals surface area (Å²) in [6.07, 6.45) is 0.543. The van der Waals surface area contributed by atoms with E-state index in [1.54, 1.807) is 16.8 Å². The predicted octanol–water partition coefficient (Wildman–Crippen LogP) is 2.13. The summed E-state index contributed by atoms with van der Waals surface area (Å²) in [5.41, 5.74) is -0.783. The first-order valence-corrected chi connectivity index (χ1v) is 6.94. The van der Waals surface area contributed by atoms with Gasteiger partial charge in [-0.2, -0.15) is 0 Å². The van der Waals surface area contributed by atoms with Gasteiger partial charge in [0.2, 0.25) is 0 Å². The van der Waals surface area contributed by atoms with Crippen LogP contribution in [0.5, 0.6) is 0 Å². The Balaban J connectivity index is 2.74. The number of likely N-dealkylation sites (tertiary alicyclic amines) is 1. The van der Waals surface area contributed by atoms with E-state index in [0.29, 0.717) is 32.0 Å². The molecule has 1 unspecified atom stereocenters. The van der Waals surface area contributed by atoms with Gasteiger partial charge in [-0.1, -0.05) is 27.7 Å². The van der Waals surface area contributed by atoms with E-state index in [1.165, 1.54) is 0 Å². The first-order valence-electron chi connectivity index (χ1n) is 6.94. The van der Waals surface area contributed by atoms with Crippen molar-refractivity contribution in [2.75, 3.05) is 26.7 Å². The van der Waals surface area contributed by atoms with Gasteiger partial charge >= 0.3 is 12.0 Å². The maximum absolute atomic E-state index is 12.3. The lowest BCUT2D eigenvalue weighted by Crippen LogP contribution is -2.45. The Morgan fingerprint density at radius 1 is 1.32 bits per heavy atom. The van der Waals surface area contributed by atoms with Crippen molar-refractivity contribution in [3.63, 3.8) is 0 Å². The zero-order valence-corrected chi connectivity index (χ0v) is 12.6. The smallest absolute Gasteiger partial charge is 0.319 e. The second-order valence-corrected chi connectivity index (χ2v) is 6.34. The zero-order valence-electron chi connectivity index (χ0n) is 12.6. The molecular weight excluding hydrogens is 244 g/mol. The van der Waals surface area contributed by atoms with E-state index >= 15 is 0 Å². The van der Waals surface area contributed by atoms with Crippen LogP contribution < -0.4 is 0 Å². The summed E-state index contributed by atoms with van der Waals surface area (Å²) >= 11 is 0. The maximum Gasteiger partial charge on any atom is 0.319 e. The lowest BCUT2D eigenvalue weighted by Gasteiger charge is -2.30. The van der Waals surface area contributed by atoms with E-state index in [2.05, 4.69) is 13.8 Å². The minimum atomic E-state index is -0.788. The van der Waals surface area contributed by atoms with Crippen molar-refractivity contribution in [2.24, 2.45) is 17.3 Å². The van der Waals surface area contributed by atoms with Crippen LogP contribution >= 0.6 is 0 Å². The Kier molecular flexibility index (Phi) is 4.82. The molecule has 1 rings (SSSR count). The molecule has 1 fully saturated rings. The predicted molar refractivity (Wildman–Crippen MR) is 74.0 cm³/mol. The average Bonchev–Trinajstić information content (AvgIpc) is 2.72. The normalized spacial score (nSPS) is 23.2. The standard InChI is InChI=1S/C14H26N2O3/c1-10(2)8-15(5)13(19)16-7-6-14(9-16,11(3)4)12(17)18/h10-11H,6-9H2,1-5H3,(H,17,18). The van der Waals surface area contributed by atoms with Gasteiger partial charge in [0, 0.05) is 26.7 Å². The third kappa shape index (κ3) is 3.19. The summed E-state index contributed by atoms with van der Waals surface area (Å²) in [6, 6.07) is -0.0579. The maximum atomic E-state index is 12.3. The van der Waals surface area contributed by atoms with Crippen LogP contribution in [0.1, 0.15) is 34.1 Å². The molecular formula is C14H26N2O3. The summed E-state index contributed by atoms with van der Waals surface area (Å²) < 4.78 is 0. The number of carbonyl (C=O) groups excluding carboxylic acids is 1. The van der Waals surface area contributed by atoms with Gasteiger partial charge < -0.3 is 14.9 Å². The van der Waals surface area contributed by atoms with Crippen LogP contribution in [0.2, 0.25) is 0 Å². The first kappa shape index (κ1) is 15.8. The van der Waals surface area contributed by atoms with Gasteiger partial charge in [-0.25, -0.2) is 4.79 Å². The molecule has 1 atom stereocenters. The largest absolute Gasteiger partial charge is 0.481 e. The number of carboxylic acids is 1. The van der Waals surface area contributed by atoms with Crippen molar-refractivity contribution >= 4 is 12.0 Å². The highest BCUT2D eigenvalue weighted by Gasteiger charge is 2.48. The summed E-state index contributed by atoms with van der Waals surface area (Å²) in [5, 5.41) is 9.47. The second kappa shape index (κ2) is 5.80. The Bertz CT molecular complexity index is 355. The summed E-state index contributed by atoms with van der Waals surface area (Å²) in [7, 11) is 1.78. The molecule has 1 saturated heterocycles. The number of amides is 2. The molecule has 2 amide bonds. The zero-order chi connectivity index (χ0) is 14.8. The Morgan fingerprint density at radius 3 is 2.26 bits per heavy atom. The third-order valence-corrected chi connectivity index (χ3v) is 4.07. The molecule has 0 bridgehead atoms. The topological polar surface area (TPSA) is 60.9 Å². The molecule has 5 nitrogen and oxygen atoms in total. The van der Waals surface area contributed by atoms with Gasteiger partial charge in [-0.05, 0) is 18.3 Å². The van der Waals surface area contributed by atoms with E-state index in [0.717, 1.165) is 0 Å². The van der Waals surface area contributed by atoms with Gasteiger partial charge in [-0.3, -0.25) is 4.79 Å². The minimum Gasteiger partial charge on any atom is -0.481 e. The van der Waals surface area contributed by atoms with Gasteiger partial charge in [-0.15, -0.1) is 0 Å². The van der Waals surface area contributed by atoms with Crippen LogP contribution in [0.15, 0.2) is 0 Å². The Labute approximate surface area is 115 Å². The van der Waals surface area contributed by atoms with E-state index in [-0.39, 0.29) is 11.9 Å². The molecule has 1 aliphatic rings. The van der Waals surface area contributed by atoms with E-state index in [4.69, 9.17) is 0 Å². The molecule has 110 valence electrons. The van der Waals surface area contributed by atoms with Crippen LogP contribution in [-0.2, 0) is 4.79 Å². The highest BCUT2D eigenvalue weighted by Crippen LogP contribution is 2.38. The average molecular weight is 270 g/mol. The molecule has 19 heavy (non-hydrogen) atoms. The number of carboxylic acid groups (broad SMARTS) is 1. The van der Waals surface area contributed by atoms with E-state index in [1.807, 2.05) is 13.8 Å². The van der Waals surface area contributed by atoms with Gasteiger partial charge in [0.05, 0.1) is 5.41 Å². The number of nitrogens with zero attached hydrogens (tertiary/aromatic N) is 2. The van der Waals surface area contributed by atoms with Crippen LogP contribution in [0.25, 0.3) is 0 Å². The Hall–Kier alpha value is -1.26. The monoisotopic (exact) mass is 270 g/mol. The van der Waals surface area contributed by atoms with Gasteiger partial charge in [0.1, 0.15) is 0 Å². The molecule has 0 aromatic carbocycles. The number of aliphatic carboxylic acids is 1. The molecule has 0 aliphatic carbocycles. The highest BCUT2D eigenvalue weighted by atomic mass is 16.4. The number of urea groups is 1. The Morgan fingerprint density at radius 2 is 1.89 bits per heavy atom. The third-order valence-electron chi connectivity index (χ3n) is 4.07. The number of hydrogen-bond donors (Lipinski definition) is 1. The number of hydrogen-bond acceptors (Lipinski definition) is 2. The second-order valence-electron chi connectivity index (χ2n) is 6.34. The lowest BCUT2D eigenvalue weighted by atomic mass is 9.76. The van der Waals surface area contributed by atoms with Gasteiger partial charge in [0.25, 0.3) is 0 Å². The van der Waals surface area contributed by atoms with E-state index in [9.17, 15) is 14.7 Å². The van der Waals surface area contributed by atoms with Crippen molar-refractivity contribution in [2.45, 2.75) is 34.1 Å². The fourth-order valence-electron chi connectivity index (χ4n) is 2.76. The van der Waals surface area contributed by atoms with Crippen molar-refractivity contribution in [1.82, 2.24) is 9.80 Å². The molecule has 0 saturated carbocycles. The SMILES string of the molecule is CC(C)CN(C)C(=O)N1CCC(C(=O)O)(C(C)C)C1. The molecule has 5 heteroatoms. The summed E-state index contributed by atoms with van der Waals surface area (Å²) in [5.74, 6) is -0.353. The van der Waals surface area contributed by atoms with Crippen LogP contribution in [-0.4, -0.2) is 53.6 Å². The van der Waals surface area contributed by atoms with Crippen LogP contribution in [0.3, 0.4) is 0 Å². The van der Waals surface area contributed by atoms with Crippen molar-refractivity contribution < 1.29 is 14.7 Å². The number of rotatable bonds is 4. The fourth-order valence-corrected chi connectivity index (χ4v) is 2.76. The molecule has 0 spiro atoms. The van der Waals surface area contributed by atoms with Crippen LogP contribution in [0, 0.1) is 17.3 Å². The molecule has 0 radical (unpaired) electrons. The number of carbonyl (C=O) groups is 2. The molecule has 1 heterocycles. The van der Waals surface area contributed by atoms with Crippen molar-refractivity contribution in [3.05, 3.63) is 0 Å². The minimum absolute atomic E-state index is 0.0261. The molecule has 1 aliphatic heterocycles. The molecule has 0 aromatic heterocycles. The van der Waals surface area contributed by atoms with Crippen LogP contribution in [0.4, 0.5) is 4.79 Å². The molecule has 1 N–H and O–H groups in total. The quantitative estimate of drug-likeness (QED) is 0.851. The van der Waals surface area contributed by atoms with Crippen molar-refractivity contribution in [1.29, 1.82) is 0 Å². The first-order chi connectivity index (χ1) is 8.70. The van der Waals surface area contributed by atoms with E-state index < -0.39 is 11.4 Å². The lowest BCUT2D eigenvalue weighted by molar-refractivity contribution is -0.150. The summed E-state index contributed by atoms with van der Waals surface area (Å²) in [6.45, 7) is 9.50.